The number of nitrogens with zero attached hydrogens (tertiary/aromatic N) is 2. The van der Waals surface area contributed by atoms with E-state index in [1.807, 2.05) is 36.4 Å². The van der Waals surface area contributed by atoms with Crippen molar-refractivity contribution in [2.75, 3.05) is 12.4 Å². The van der Waals surface area contributed by atoms with Crippen LogP contribution in [0.15, 0.2) is 88.4 Å². The van der Waals surface area contributed by atoms with Crippen molar-refractivity contribution in [2.45, 2.75) is 11.4 Å². The van der Waals surface area contributed by atoms with Gasteiger partial charge in [-0.25, -0.2) is 13.4 Å². The van der Waals surface area contributed by atoms with Crippen molar-refractivity contribution in [1.82, 2.24) is 9.29 Å². The van der Waals surface area contributed by atoms with Crippen LogP contribution in [0.5, 0.6) is 0 Å². The molecule has 0 unspecified atom stereocenters. The number of amides is 1. The largest absolute Gasteiger partial charge is 0.468 e. The van der Waals surface area contributed by atoms with E-state index in [1.54, 1.807) is 12.1 Å². The van der Waals surface area contributed by atoms with Crippen molar-refractivity contribution in [3.05, 3.63) is 90.4 Å². The van der Waals surface area contributed by atoms with E-state index in [-0.39, 0.29) is 17.3 Å². The van der Waals surface area contributed by atoms with Gasteiger partial charge in [-0.15, -0.1) is 0 Å². The molecule has 0 radical (unpaired) electrons. The second kappa shape index (κ2) is 8.43. The number of sulfonamides is 1. The molecule has 0 aliphatic rings. The molecule has 5 aromatic rings. The van der Waals surface area contributed by atoms with Crippen molar-refractivity contribution in [2.24, 2.45) is 0 Å². The zero-order valence-corrected chi connectivity index (χ0v) is 19.2. The maximum absolute atomic E-state index is 12.8. The normalized spacial score (nSPS) is 11.9. The van der Waals surface area contributed by atoms with Crippen molar-refractivity contribution >= 4 is 53.4 Å². The number of carbonyl (C=O) groups is 1. The number of fused-ring (bicyclic) bond motifs is 3. The molecule has 1 amide bonds. The molecule has 2 heterocycles. The Morgan fingerprint density at radius 1 is 1.03 bits per heavy atom. The first-order valence-electron chi connectivity index (χ1n) is 10.1. The highest BCUT2D eigenvalue weighted by molar-refractivity contribution is 7.89. The molecule has 0 saturated heterocycles. The van der Waals surface area contributed by atoms with Crippen molar-refractivity contribution in [1.29, 1.82) is 0 Å². The van der Waals surface area contributed by atoms with Crippen LogP contribution in [-0.4, -0.2) is 30.7 Å². The van der Waals surface area contributed by atoms with E-state index in [0.717, 1.165) is 21.0 Å². The van der Waals surface area contributed by atoms with Gasteiger partial charge in [0.15, 0.2) is 5.13 Å². The Morgan fingerprint density at radius 2 is 1.82 bits per heavy atom. The molecule has 3 aromatic carbocycles. The number of nitrogens with one attached hydrogen (secondary N) is 1. The number of rotatable bonds is 6. The second-order valence-electron chi connectivity index (χ2n) is 7.47. The minimum Gasteiger partial charge on any atom is -0.468 e. The van der Waals surface area contributed by atoms with Crippen LogP contribution in [0, 0.1) is 0 Å². The van der Waals surface area contributed by atoms with Gasteiger partial charge in [0, 0.05) is 18.0 Å². The van der Waals surface area contributed by atoms with E-state index in [2.05, 4.69) is 10.3 Å². The van der Waals surface area contributed by atoms with Crippen LogP contribution in [-0.2, 0) is 16.6 Å². The lowest BCUT2D eigenvalue weighted by atomic mass is 10.1. The van der Waals surface area contributed by atoms with E-state index in [9.17, 15) is 13.2 Å². The van der Waals surface area contributed by atoms with Gasteiger partial charge >= 0.3 is 0 Å². The fourth-order valence-corrected chi connectivity index (χ4v) is 5.68. The molecule has 0 saturated carbocycles. The SMILES string of the molecule is CN(Cc1ccco1)S(=O)(=O)c1ccc(C(=O)Nc2nc3ccc4ccccc4c3s2)cc1. The Morgan fingerprint density at radius 3 is 2.58 bits per heavy atom. The number of thiazole rings is 1. The molecule has 1 N–H and O–H groups in total. The summed E-state index contributed by atoms with van der Waals surface area (Å²) < 4.78 is 33.1. The van der Waals surface area contributed by atoms with Gasteiger partial charge in [0.05, 0.1) is 27.9 Å². The first-order valence-corrected chi connectivity index (χ1v) is 12.4. The van der Waals surface area contributed by atoms with Crippen molar-refractivity contribution < 1.29 is 17.6 Å². The molecule has 33 heavy (non-hydrogen) atoms. The first kappa shape index (κ1) is 21.3. The van der Waals surface area contributed by atoms with Crippen molar-refractivity contribution in [3.63, 3.8) is 0 Å². The molecule has 0 atom stereocenters. The monoisotopic (exact) mass is 477 g/mol. The van der Waals surface area contributed by atoms with Gasteiger partial charge in [-0.3, -0.25) is 10.1 Å². The van der Waals surface area contributed by atoms with Crippen LogP contribution >= 0.6 is 11.3 Å². The predicted molar refractivity (Wildman–Crippen MR) is 129 cm³/mol. The van der Waals surface area contributed by atoms with E-state index in [0.29, 0.717) is 16.5 Å². The van der Waals surface area contributed by atoms with Crippen LogP contribution in [0.3, 0.4) is 0 Å². The maximum Gasteiger partial charge on any atom is 0.257 e. The molecule has 2 aromatic heterocycles. The van der Waals surface area contributed by atoms with Crippen LogP contribution in [0.2, 0.25) is 0 Å². The first-order chi connectivity index (χ1) is 15.9. The van der Waals surface area contributed by atoms with Crippen LogP contribution in [0.1, 0.15) is 16.1 Å². The van der Waals surface area contributed by atoms with E-state index in [1.165, 1.54) is 53.2 Å². The summed E-state index contributed by atoms with van der Waals surface area (Å²) in [6, 6.07) is 21.2. The third-order valence-electron chi connectivity index (χ3n) is 5.28. The third kappa shape index (κ3) is 4.13. The molecule has 0 aliphatic carbocycles. The van der Waals surface area contributed by atoms with Gasteiger partial charge in [-0.2, -0.15) is 4.31 Å². The molecule has 0 spiro atoms. The smallest absolute Gasteiger partial charge is 0.257 e. The Hall–Kier alpha value is -3.53. The van der Waals surface area contributed by atoms with E-state index >= 15 is 0 Å². The molecule has 0 fully saturated rings. The number of anilines is 1. The van der Waals surface area contributed by atoms with Gasteiger partial charge in [-0.05, 0) is 47.9 Å². The average molecular weight is 478 g/mol. The highest BCUT2D eigenvalue weighted by Gasteiger charge is 2.22. The fraction of sp³-hybridized carbons (Fsp3) is 0.0833. The van der Waals surface area contributed by atoms with Crippen molar-refractivity contribution in [3.8, 4) is 0 Å². The molecule has 5 rings (SSSR count). The van der Waals surface area contributed by atoms with Gasteiger partial charge in [0.1, 0.15) is 5.76 Å². The zero-order chi connectivity index (χ0) is 23.0. The summed E-state index contributed by atoms with van der Waals surface area (Å²) >= 11 is 1.41. The van der Waals surface area contributed by atoms with E-state index in [4.69, 9.17) is 4.42 Å². The Kier molecular flexibility index (Phi) is 5.45. The Balaban J connectivity index is 1.34. The topological polar surface area (TPSA) is 92.5 Å². The zero-order valence-electron chi connectivity index (χ0n) is 17.6. The lowest BCUT2D eigenvalue weighted by molar-refractivity contribution is 0.102. The quantitative estimate of drug-likeness (QED) is 0.367. The van der Waals surface area contributed by atoms with Gasteiger partial charge in [0.25, 0.3) is 5.91 Å². The lowest BCUT2D eigenvalue weighted by Crippen LogP contribution is -2.26. The maximum atomic E-state index is 12.8. The summed E-state index contributed by atoms with van der Waals surface area (Å²) in [5, 5.41) is 5.50. The van der Waals surface area contributed by atoms with Gasteiger partial charge in [0.2, 0.25) is 10.0 Å². The number of aromatic nitrogens is 1. The summed E-state index contributed by atoms with van der Waals surface area (Å²) in [5.74, 6) is 0.187. The number of carbonyl (C=O) groups excluding carboxylic acids is 1. The second-order valence-corrected chi connectivity index (χ2v) is 10.5. The summed E-state index contributed by atoms with van der Waals surface area (Å²) in [4.78, 5) is 17.4. The number of hydrogen-bond donors (Lipinski definition) is 1. The minimum atomic E-state index is -3.72. The summed E-state index contributed by atoms with van der Waals surface area (Å²) in [6.45, 7) is 0.115. The molecule has 0 aliphatic heterocycles. The standard InChI is InChI=1S/C24H19N3O4S2/c1-27(15-18-6-4-14-31-18)33(29,30)19-11-8-17(9-12-19)23(28)26-24-25-21-13-10-16-5-2-3-7-20(16)22(21)32-24/h2-14H,15H2,1H3,(H,25,26,28). The van der Waals surface area contributed by atoms with Gasteiger partial charge in [-0.1, -0.05) is 41.7 Å². The molecular formula is C24H19N3O4S2. The highest BCUT2D eigenvalue weighted by Crippen LogP contribution is 2.32. The number of hydrogen-bond acceptors (Lipinski definition) is 6. The molecule has 7 nitrogen and oxygen atoms in total. The Labute approximate surface area is 194 Å². The predicted octanol–water partition coefficient (Wildman–Crippen LogP) is 5.12. The molecule has 0 bridgehead atoms. The Bertz CT molecular complexity index is 1560. The van der Waals surface area contributed by atoms with Gasteiger partial charge < -0.3 is 4.42 Å². The molecule has 9 heteroatoms. The van der Waals surface area contributed by atoms with Crippen LogP contribution < -0.4 is 5.32 Å². The van der Waals surface area contributed by atoms with Crippen LogP contribution in [0.4, 0.5) is 5.13 Å². The highest BCUT2D eigenvalue weighted by atomic mass is 32.2. The fourth-order valence-electron chi connectivity index (χ4n) is 3.54. The lowest BCUT2D eigenvalue weighted by Gasteiger charge is -2.16. The number of furan rings is 1. The minimum absolute atomic E-state index is 0.0968. The summed E-state index contributed by atoms with van der Waals surface area (Å²) in [5.41, 5.74) is 1.15. The summed E-state index contributed by atoms with van der Waals surface area (Å²) in [6.07, 6.45) is 1.50. The third-order valence-corrected chi connectivity index (χ3v) is 8.12. The molecule has 166 valence electrons. The van der Waals surface area contributed by atoms with E-state index < -0.39 is 10.0 Å². The average Bonchev–Trinajstić information content (AvgIpc) is 3.48. The van der Waals surface area contributed by atoms with Crippen LogP contribution in [0.25, 0.3) is 21.0 Å². The summed E-state index contributed by atoms with van der Waals surface area (Å²) in [7, 11) is -2.24. The number of benzene rings is 3. The molecular weight excluding hydrogens is 458 g/mol.